The molecule has 1 aromatic carbocycles. The first kappa shape index (κ1) is 28.8. The molecule has 0 aliphatic heterocycles. The lowest BCUT2D eigenvalue weighted by molar-refractivity contribution is -0.147. The lowest BCUT2D eigenvalue weighted by Gasteiger charge is -2.18. The molecule has 2 aromatic heterocycles. The Hall–Kier alpha value is -1.74. The van der Waals surface area contributed by atoms with Crippen LogP contribution in [0.25, 0.3) is 21.0 Å². The van der Waals surface area contributed by atoms with Gasteiger partial charge in [-0.3, -0.25) is 4.79 Å². The molecule has 3 N–H and O–H groups in total. The summed E-state index contributed by atoms with van der Waals surface area (Å²) in [7, 11) is -4.66. The average molecular weight is 603 g/mol. The minimum Gasteiger partial charge on any atom is -0.389 e. The molecule has 1 atom stereocenters. The third-order valence-corrected chi connectivity index (χ3v) is 9.20. The van der Waals surface area contributed by atoms with Crippen LogP contribution >= 0.6 is 45.9 Å². The van der Waals surface area contributed by atoms with E-state index in [1.54, 1.807) is 22.2 Å². The van der Waals surface area contributed by atoms with Crippen molar-refractivity contribution >= 4 is 61.8 Å². The molecule has 1 unspecified atom stereocenters. The summed E-state index contributed by atoms with van der Waals surface area (Å²) >= 11 is 14.9. The van der Waals surface area contributed by atoms with Crippen LogP contribution in [0.2, 0.25) is 10.0 Å². The van der Waals surface area contributed by atoms with Crippen molar-refractivity contribution in [2.24, 2.45) is 0 Å². The fraction of sp³-hybridized carbons (Fsp3) is 0.333. The molecule has 0 fully saturated rings. The van der Waals surface area contributed by atoms with E-state index < -0.39 is 43.7 Å². The number of hydrogen-bond donors (Lipinski definition) is 3. The van der Waals surface area contributed by atoms with Gasteiger partial charge in [-0.2, -0.15) is 17.9 Å². The van der Waals surface area contributed by atoms with Gasteiger partial charge in [0.25, 0.3) is 5.91 Å². The second-order valence-corrected chi connectivity index (χ2v) is 12.7. The minimum absolute atomic E-state index is 0.0302. The Balaban J connectivity index is 2.06. The van der Waals surface area contributed by atoms with Crippen molar-refractivity contribution in [3.05, 3.63) is 44.7 Å². The zero-order valence-corrected chi connectivity index (χ0v) is 22.9. The number of carbonyl (C=O) groups is 1. The third kappa shape index (κ3) is 6.57. The Morgan fingerprint density at radius 3 is 2.42 bits per heavy atom. The number of carbonyl (C=O) groups excluding carboxylic acids is 1. The molecule has 7 nitrogen and oxygen atoms in total. The molecule has 0 bridgehead atoms. The first-order valence-corrected chi connectivity index (χ1v) is 14.1. The molecular formula is C21H20Cl2F3N3O4S3. The van der Waals surface area contributed by atoms with E-state index >= 15 is 0 Å². The molecule has 0 aliphatic rings. The van der Waals surface area contributed by atoms with E-state index in [9.17, 15) is 31.5 Å². The third-order valence-electron chi connectivity index (χ3n) is 4.66. The Labute approximate surface area is 223 Å². The van der Waals surface area contributed by atoms with Crippen LogP contribution in [-0.2, 0) is 10.0 Å². The zero-order valence-electron chi connectivity index (χ0n) is 18.9. The maximum atomic E-state index is 12.9. The topological polar surface area (TPSA) is 108 Å². The number of benzene rings is 1. The van der Waals surface area contributed by atoms with Gasteiger partial charge in [-0.25, -0.2) is 13.4 Å². The van der Waals surface area contributed by atoms with E-state index in [0.717, 1.165) is 17.4 Å². The molecule has 0 radical (unpaired) electrons. The number of thiophene rings is 1. The number of aliphatic hydroxyl groups is 1. The van der Waals surface area contributed by atoms with Crippen LogP contribution in [0.5, 0.6) is 0 Å². The fourth-order valence-corrected chi connectivity index (χ4v) is 6.79. The molecule has 0 aliphatic carbocycles. The minimum atomic E-state index is -4.80. The fourth-order valence-electron chi connectivity index (χ4n) is 2.83. The molecular weight excluding hydrogens is 582 g/mol. The molecule has 15 heteroatoms. The highest BCUT2D eigenvalue weighted by Crippen LogP contribution is 2.45. The maximum Gasteiger partial charge on any atom is 0.404 e. The highest BCUT2D eigenvalue weighted by molar-refractivity contribution is 7.89. The predicted octanol–water partition coefficient (Wildman–Crippen LogP) is 5.58. The number of halogens is 5. The Kier molecular flexibility index (Phi) is 8.45. The SMILES string of the molecule is CC(NS(=O)(=O)c1ccc(-c2sc(C(=O)NCC(C)(C)O)nc2-c2cccs2)c(Cl)c1Cl)C(F)(F)F. The number of rotatable bonds is 8. The van der Waals surface area contributed by atoms with Crippen LogP contribution in [-0.4, -0.2) is 48.8 Å². The Morgan fingerprint density at radius 2 is 1.86 bits per heavy atom. The monoisotopic (exact) mass is 601 g/mol. The summed E-state index contributed by atoms with van der Waals surface area (Å²) in [5.41, 5.74) is -0.519. The molecule has 0 saturated carbocycles. The van der Waals surface area contributed by atoms with Crippen molar-refractivity contribution in [2.45, 2.75) is 43.5 Å². The summed E-state index contributed by atoms with van der Waals surface area (Å²) in [6.45, 7) is 3.69. The normalized spacial score (nSPS) is 13.6. The van der Waals surface area contributed by atoms with Crippen molar-refractivity contribution in [1.82, 2.24) is 15.0 Å². The molecule has 196 valence electrons. The number of hydrogen-bond acceptors (Lipinski definition) is 7. The first-order valence-electron chi connectivity index (χ1n) is 10.1. The van der Waals surface area contributed by atoms with Crippen LogP contribution in [0.4, 0.5) is 13.2 Å². The molecule has 2 heterocycles. The number of thiazole rings is 1. The number of alkyl halides is 3. The number of sulfonamides is 1. The quantitative estimate of drug-likeness (QED) is 0.312. The first-order chi connectivity index (χ1) is 16.5. The largest absolute Gasteiger partial charge is 0.404 e. The van der Waals surface area contributed by atoms with Crippen molar-refractivity contribution in [1.29, 1.82) is 0 Å². The van der Waals surface area contributed by atoms with Gasteiger partial charge >= 0.3 is 6.18 Å². The van der Waals surface area contributed by atoms with Crippen molar-refractivity contribution in [3.63, 3.8) is 0 Å². The number of amides is 1. The molecule has 36 heavy (non-hydrogen) atoms. The van der Waals surface area contributed by atoms with Crippen LogP contribution in [0, 0.1) is 0 Å². The standard InChI is InChI=1S/C21H20Cl2F3N3O4S3/c1-10(21(24,25)26)29-36(32,33)13-7-6-11(14(22)15(13)23)17-16(12-5-4-8-34-12)28-19(35-17)18(30)27-9-20(2,3)31/h4-8,10,29,31H,9H2,1-3H3,(H,27,30). The van der Waals surface area contributed by atoms with Gasteiger partial charge in [0.2, 0.25) is 10.0 Å². The predicted molar refractivity (Wildman–Crippen MR) is 135 cm³/mol. The number of nitrogens with zero attached hydrogens (tertiary/aromatic N) is 1. The average Bonchev–Trinajstić information content (AvgIpc) is 3.42. The summed E-state index contributed by atoms with van der Waals surface area (Å²) in [6.07, 6.45) is -4.80. The van der Waals surface area contributed by atoms with Crippen LogP contribution < -0.4 is 10.0 Å². The van der Waals surface area contributed by atoms with Crippen molar-refractivity contribution < 1.29 is 31.5 Å². The van der Waals surface area contributed by atoms with Gasteiger partial charge in [0, 0.05) is 12.1 Å². The second kappa shape index (κ2) is 10.6. The molecule has 3 rings (SSSR count). The number of aromatic nitrogens is 1. The lowest BCUT2D eigenvalue weighted by atomic mass is 10.1. The zero-order chi connectivity index (χ0) is 27.1. The van der Waals surface area contributed by atoms with E-state index in [-0.39, 0.29) is 22.1 Å². The van der Waals surface area contributed by atoms with Gasteiger partial charge in [0.1, 0.15) is 16.6 Å². The molecule has 3 aromatic rings. The summed E-state index contributed by atoms with van der Waals surface area (Å²) in [5, 5.41) is 13.6. The van der Waals surface area contributed by atoms with E-state index in [1.165, 1.54) is 31.3 Å². The second-order valence-electron chi connectivity index (χ2n) is 8.29. The van der Waals surface area contributed by atoms with E-state index in [4.69, 9.17) is 23.2 Å². The maximum absolute atomic E-state index is 12.9. The summed E-state index contributed by atoms with van der Waals surface area (Å²) in [6, 6.07) is 3.52. The van der Waals surface area contributed by atoms with Gasteiger partial charge in [0.15, 0.2) is 5.01 Å². The van der Waals surface area contributed by atoms with Gasteiger partial charge in [-0.1, -0.05) is 35.3 Å². The van der Waals surface area contributed by atoms with Crippen LogP contribution in [0.1, 0.15) is 30.6 Å². The van der Waals surface area contributed by atoms with Crippen molar-refractivity contribution in [2.75, 3.05) is 6.54 Å². The molecule has 0 saturated heterocycles. The molecule has 1 amide bonds. The molecule has 0 spiro atoms. The van der Waals surface area contributed by atoms with Gasteiger partial charge in [0.05, 0.1) is 25.4 Å². The van der Waals surface area contributed by atoms with Crippen molar-refractivity contribution in [3.8, 4) is 21.0 Å². The van der Waals surface area contributed by atoms with Gasteiger partial charge in [-0.05, 0) is 38.3 Å². The lowest BCUT2D eigenvalue weighted by Crippen LogP contribution is -2.43. The summed E-state index contributed by atoms with van der Waals surface area (Å²) in [5.74, 6) is -0.544. The summed E-state index contributed by atoms with van der Waals surface area (Å²) in [4.78, 5) is 17.5. The van der Waals surface area contributed by atoms with E-state index in [1.807, 2.05) is 0 Å². The van der Waals surface area contributed by atoms with E-state index in [0.29, 0.717) is 22.4 Å². The van der Waals surface area contributed by atoms with Gasteiger partial charge in [-0.15, -0.1) is 22.7 Å². The highest BCUT2D eigenvalue weighted by Gasteiger charge is 2.39. The van der Waals surface area contributed by atoms with Crippen LogP contribution in [0.3, 0.4) is 0 Å². The Bertz CT molecular complexity index is 1370. The highest BCUT2D eigenvalue weighted by atomic mass is 35.5. The summed E-state index contributed by atoms with van der Waals surface area (Å²) < 4.78 is 65.4. The number of nitrogens with one attached hydrogen (secondary N) is 2. The van der Waals surface area contributed by atoms with Gasteiger partial charge < -0.3 is 10.4 Å². The van der Waals surface area contributed by atoms with E-state index in [2.05, 4.69) is 10.3 Å². The Morgan fingerprint density at radius 1 is 1.19 bits per heavy atom. The smallest absolute Gasteiger partial charge is 0.389 e. The van der Waals surface area contributed by atoms with Crippen LogP contribution in [0.15, 0.2) is 34.5 Å².